The molecular weight excluding hydrogens is 193 g/mol. The normalized spacial score (nSPS) is 13.5. The van der Waals surface area contributed by atoms with Crippen molar-refractivity contribution in [3.05, 3.63) is 0 Å². The van der Waals surface area contributed by atoms with Crippen molar-refractivity contribution in [2.24, 2.45) is 0 Å². The molecule has 0 aliphatic carbocycles. The number of rotatable bonds is 4. The van der Waals surface area contributed by atoms with Crippen LogP contribution in [-0.2, 0) is 0 Å². The van der Waals surface area contributed by atoms with E-state index in [1.165, 1.54) is 0 Å². The number of nitrogens with zero attached hydrogens (tertiary/aromatic N) is 1. The van der Waals surface area contributed by atoms with Crippen LogP contribution in [0.15, 0.2) is 0 Å². The van der Waals surface area contributed by atoms with Crippen LogP contribution in [0.3, 0.4) is 0 Å². The second kappa shape index (κ2) is 4.69. The summed E-state index contributed by atoms with van der Waals surface area (Å²) in [5.41, 5.74) is -0.147. The predicted octanol–water partition coefficient (Wildman–Crippen LogP) is 3.30. The molecule has 0 aliphatic heterocycles. The number of alkyl halides is 2. The lowest BCUT2D eigenvalue weighted by atomic mass is 10.0. The molecule has 0 unspecified atom stereocenters. The van der Waals surface area contributed by atoms with Gasteiger partial charge in [-0.3, -0.25) is 4.90 Å². The molecule has 0 radical (unpaired) electrons. The minimum absolute atomic E-state index is 0.147. The van der Waals surface area contributed by atoms with Gasteiger partial charge >= 0.3 is 0 Å². The van der Waals surface area contributed by atoms with Crippen LogP contribution in [0.25, 0.3) is 0 Å². The Kier molecular flexibility index (Phi) is 4.90. The van der Waals surface area contributed by atoms with Gasteiger partial charge in [0.15, 0.2) is 0 Å². The molecule has 0 bridgehead atoms. The van der Waals surface area contributed by atoms with E-state index < -0.39 is 0 Å². The zero-order chi connectivity index (χ0) is 9.94. The summed E-state index contributed by atoms with van der Waals surface area (Å²) in [5.74, 6) is 0. The zero-order valence-corrected chi connectivity index (χ0v) is 10.1. The summed E-state index contributed by atoms with van der Waals surface area (Å²) in [6.45, 7) is 11.5. The summed E-state index contributed by atoms with van der Waals surface area (Å²) in [6, 6.07) is 0.477. The average molecular weight is 212 g/mol. The highest BCUT2D eigenvalue weighted by Crippen LogP contribution is 2.27. The van der Waals surface area contributed by atoms with Crippen molar-refractivity contribution < 1.29 is 0 Å². The Balaban J connectivity index is 4.47. The van der Waals surface area contributed by atoms with Gasteiger partial charge in [-0.05, 0) is 34.2 Å². The largest absolute Gasteiger partial charge is 0.293 e. The first-order valence-corrected chi connectivity index (χ1v) is 5.26. The van der Waals surface area contributed by atoms with Crippen LogP contribution in [0.1, 0.15) is 34.6 Å². The first-order valence-electron chi connectivity index (χ1n) is 4.38. The van der Waals surface area contributed by atoms with Crippen LogP contribution in [0.2, 0.25) is 0 Å². The van der Waals surface area contributed by atoms with E-state index in [1.807, 2.05) is 0 Å². The highest BCUT2D eigenvalue weighted by Gasteiger charge is 2.33. The summed E-state index contributed by atoms with van der Waals surface area (Å²) in [5, 5.41) is 0. The summed E-state index contributed by atoms with van der Waals surface area (Å²) >= 11 is 11.8. The minimum Gasteiger partial charge on any atom is -0.293 e. The smallest absolute Gasteiger partial charge is 0.125 e. The van der Waals surface area contributed by atoms with Crippen molar-refractivity contribution in [2.45, 2.75) is 51.0 Å². The number of halogens is 2. The molecule has 0 N–H and O–H groups in total. The summed E-state index contributed by atoms with van der Waals surface area (Å²) in [7, 11) is 0. The van der Waals surface area contributed by atoms with Gasteiger partial charge in [-0.25, -0.2) is 0 Å². The molecule has 0 fully saturated rings. The molecule has 0 spiro atoms. The highest BCUT2D eigenvalue weighted by molar-refractivity contribution is 6.45. The summed E-state index contributed by atoms with van der Waals surface area (Å²) in [6.07, 6.45) is 0. The van der Waals surface area contributed by atoms with Crippen LogP contribution in [0, 0.1) is 0 Å². The average Bonchev–Trinajstić information content (AvgIpc) is 1.86. The lowest BCUT2D eigenvalue weighted by molar-refractivity contribution is 0.102. The first kappa shape index (κ1) is 12.5. The molecule has 0 amide bonds. The Bertz CT molecular complexity index is 132. The topological polar surface area (TPSA) is 3.24 Å². The van der Waals surface area contributed by atoms with Gasteiger partial charge in [-0.2, -0.15) is 0 Å². The Labute approximate surface area is 86.0 Å². The minimum atomic E-state index is -0.347. The molecule has 74 valence electrons. The molecule has 0 saturated carbocycles. The van der Waals surface area contributed by atoms with Crippen molar-refractivity contribution in [1.29, 1.82) is 0 Å². The second-order valence-electron chi connectivity index (χ2n) is 3.83. The summed E-state index contributed by atoms with van der Waals surface area (Å²) in [4.78, 5) is 1.94. The van der Waals surface area contributed by atoms with Gasteiger partial charge in [0.05, 0.1) is 0 Å². The molecule has 3 heteroatoms. The Morgan fingerprint density at radius 2 is 1.67 bits per heavy atom. The van der Waals surface area contributed by atoms with Crippen molar-refractivity contribution >= 4 is 23.2 Å². The quantitative estimate of drug-likeness (QED) is 0.646. The van der Waals surface area contributed by atoms with E-state index in [9.17, 15) is 0 Å². The van der Waals surface area contributed by atoms with Gasteiger partial charge < -0.3 is 0 Å². The van der Waals surface area contributed by atoms with Crippen molar-refractivity contribution in [1.82, 2.24) is 4.90 Å². The van der Waals surface area contributed by atoms with E-state index in [2.05, 4.69) is 39.5 Å². The van der Waals surface area contributed by atoms with Crippen LogP contribution in [0.4, 0.5) is 0 Å². The van der Waals surface area contributed by atoms with E-state index in [1.54, 1.807) is 0 Å². The molecule has 0 heterocycles. The van der Waals surface area contributed by atoms with E-state index in [0.29, 0.717) is 6.04 Å². The fraction of sp³-hybridized carbons (Fsp3) is 1.00. The third-order valence-electron chi connectivity index (χ3n) is 2.24. The molecule has 0 aromatic heterocycles. The van der Waals surface area contributed by atoms with Crippen molar-refractivity contribution in [2.75, 3.05) is 6.54 Å². The Morgan fingerprint density at radius 1 is 1.25 bits per heavy atom. The Hall–Kier alpha value is 0.540. The van der Waals surface area contributed by atoms with E-state index in [4.69, 9.17) is 23.2 Å². The molecule has 0 aromatic rings. The molecule has 0 saturated heterocycles. The number of hydrogen-bond donors (Lipinski definition) is 0. The molecule has 0 aliphatic rings. The fourth-order valence-electron chi connectivity index (χ4n) is 1.56. The van der Waals surface area contributed by atoms with E-state index >= 15 is 0 Å². The lowest BCUT2D eigenvalue weighted by Crippen LogP contribution is -2.51. The van der Waals surface area contributed by atoms with Crippen LogP contribution in [-0.4, -0.2) is 27.9 Å². The molecule has 0 aromatic carbocycles. The highest BCUT2D eigenvalue weighted by atomic mass is 35.5. The zero-order valence-electron chi connectivity index (χ0n) is 8.56. The van der Waals surface area contributed by atoms with E-state index in [0.717, 1.165) is 6.54 Å². The lowest BCUT2D eigenvalue weighted by Gasteiger charge is -2.41. The second-order valence-corrected chi connectivity index (χ2v) is 4.93. The maximum Gasteiger partial charge on any atom is 0.125 e. The standard InChI is InChI=1S/C9H19Cl2N/c1-6-12(7(2)3)9(4,5)8(10)11/h7-8H,6H2,1-5H3. The van der Waals surface area contributed by atoms with Crippen molar-refractivity contribution in [3.8, 4) is 0 Å². The first-order chi connectivity index (χ1) is 5.34. The predicted molar refractivity (Wildman–Crippen MR) is 57.1 cm³/mol. The van der Waals surface area contributed by atoms with Gasteiger partial charge in [0.1, 0.15) is 4.84 Å². The van der Waals surface area contributed by atoms with Crippen LogP contribution < -0.4 is 0 Å². The molecule has 0 atom stereocenters. The number of hydrogen-bond acceptors (Lipinski definition) is 1. The van der Waals surface area contributed by atoms with Gasteiger partial charge in [0, 0.05) is 11.6 Å². The van der Waals surface area contributed by atoms with E-state index in [-0.39, 0.29) is 10.4 Å². The Morgan fingerprint density at radius 3 is 1.75 bits per heavy atom. The molecule has 1 nitrogen and oxygen atoms in total. The maximum absolute atomic E-state index is 5.91. The molecule has 12 heavy (non-hydrogen) atoms. The van der Waals surface area contributed by atoms with Crippen LogP contribution in [0.5, 0.6) is 0 Å². The maximum atomic E-state index is 5.91. The van der Waals surface area contributed by atoms with Gasteiger partial charge in [-0.1, -0.05) is 6.92 Å². The third-order valence-corrected chi connectivity index (χ3v) is 3.31. The molecular formula is C9H19Cl2N. The van der Waals surface area contributed by atoms with Gasteiger partial charge in [0.25, 0.3) is 0 Å². The van der Waals surface area contributed by atoms with Gasteiger partial charge in [-0.15, -0.1) is 23.2 Å². The third kappa shape index (κ3) is 2.79. The SMILES string of the molecule is CCN(C(C)C)C(C)(C)C(Cl)Cl. The van der Waals surface area contributed by atoms with Gasteiger partial charge in [0.2, 0.25) is 0 Å². The van der Waals surface area contributed by atoms with Crippen molar-refractivity contribution in [3.63, 3.8) is 0 Å². The van der Waals surface area contributed by atoms with Crippen LogP contribution >= 0.6 is 23.2 Å². The molecule has 0 rings (SSSR count). The fourth-order valence-corrected chi connectivity index (χ4v) is 1.81. The monoisotopic (exact) mass is 211 g/mol. The summed E-state index contributed by atoms with van der Waals surface area (Å²) < 4.78 is 0.